The number of halogens is 1. The monoisotopic (exact) mass is 359 g/mol. The van der Waals surface area contributed by atoms with Crippen LogP contribution in [0.2, 0.25) is 0 Å². The van der Waals surface area contributed by atoms with Gasteiger partial charge in [0, 0.05) is 23.1 Å². The van der Waals surface area contributed by atoms with Gasteiger partial charge < -0.3 is 4.42 Å². The van der Waals surface area contributed by atoms with Gasteiger partial charge in [0.05, 0.1) is 4.90 Å². The lowest BCUT2D eigenvalue weighted by molar-refractivity contribution is 0.438. The molecule has 0 unspecified atom stereocenters. The summed E-state index contributed by atoms with van der Waals surface area (Å²) in [7, 11) is -3.76. The number of furan rings is 1. The smallest absolute Gasteiger partial charge is 0.261 e. The van der Waals surface area contributed by atoms with E-state index in [4.69, 9.17) is 4.42 Å². The maximum Gasteiger partial charge on any atom is 0.261 e. The quantitative estimate of drug-likeness (QED) is 0.749. The highest BCUT2D eigenvalue weighted by atomic mass is 32.2. The Balaban J connectivity index is 1.70. The number of fused-ring (bicyclic) bond motifs is 3. The molecular formula is C19H18FNO3S. The van der Waals surface area contributed by atoms with Gasteiger partial charge in [0.25, 0.3) is 10.0 Å². The second kappa shape index (κ2) is 5.88. The van der Waals surface area contributed by atoms with Crippen LogP contribution in [0.4, 0.5) is 10.1 Å². The number of nitrogens with one attached hydrogen (secondary N) is 1. The Bertz CT molecular complexity index is 1040. The largest absolute Gasteiger partial charge is 0.461 e. The lowest BCUT2D eigenvalue weighted by Crippen LogP contribution is -2.13. The summed E-state index contributed by atoms with van der Waals surface area (Å²) in [5.74, 6) is 1.12. The van der Waals surface area contributed by atoms with Crippen LogP contribution in [0, 0.1) is 11.7 Å². The van der Waals surface area contributed by atoms with Gasteiger partial charge in [0.15, 0.2) is 0 Å². The molecule has 0 fully saturated rings. The van der Waals surface area contributed by atoms with E-state index in [0.717, 1.165) is 48.1 Å². The van der Waals surface area contributed by atoms with Gasteiger partial charge in [-0.25, -0.2) is 12.8 Å². The van der Waals surface area contributed by atoms with E-state index in [1.165, 1.54) is 17.7 Å². The molecule has 1 aliphatic carbocycles. The van der Waals surface area contributed by atoms with Crippen molar-refractivity contribution in [2.45, 2.75) is 31.1 Å². The first-order chi connectivity index (χ1) is 11.9. The van der Waals surface area contributed by atoms with E-state index in [1.807, 2.05) is 6.07 Å². The molecule has 0 amide bonds. The molecule has 0 radical (unpaired) electrons. The van der Waals surface area contributed by atoms with Crippen LogP contribution in [0.3, 0.4) is 0 Å². The number of aryl methyl sites for hydroxylation is 1. The van der Waals surface area contributed by atoms with Gasteiger partial charge >= 0.3 is 0 Å². The molecule has 1 heterocycles. The summed E-state index contributed by atoms with van der Waals surface area (Å²) in [5.41, 5.74) is 2.43. The molecule has 1 aromatic heterocycles. The second-order valence-electron chi connectivity index (χ2n) is 6.62. The minimum absolute atomic E-state index is 0.0249. The Morgan fingerprint density at radius 3 is 2.68 bits per heavy atom. The minimum atomic E-state index is -3.76. The van der Waals surface area contributed by atoms with Crippen LogP contribution in [-0.2, 0) is 22.9 Å². The molecule has 0 saturated carbocycles. The highest BCUT2D eigenvalue weighted by Gasteiger charge is 2.22. The van der Waals surface area contributed by atoms with Gasteiger partial charge in [-0.2, -0.15) is 0 Å². The summed E-state index contributed by atoms with van der Waals surface area (Å²) in [6, 6.07) is 10.0. The summed E-state index contributed by atoms with van der Waals surface area (Å²) in [4.78, 5) is 0.0249. The molecule has 0 saturated heterocycles. The van der Waals surface area contributed by atoms with Crippen LogP contribution in [0.15, 0.2) is 51.8 Å². The average molecular weight is 359 g/mol. The number of benzene rings is 2. The van der Waals surface area contributed by atoms with Crippen molar-refractivity contribution in [3.05, 3.63) is 59.6 Å². The molecule has 0 aliphatic heterocycles. The lowest BCUT2D eigenvalue weighted by Gasteiger charge is -2.16. The molecule has 0 spiro atoms. The standard InChI is InChI=1S/C19H18FNO3S/c1-12-2-8-18-16(10-12)17-11-14(5-9-19(17)24-18)21-25(22,23)15-6-3-13(20)4-7-15/h3-7,9,11-12,21H,2,8,10H2,1H3/t12-/m1/s1. The fourth-order valence-corrected chi connectivity index (χ4v) is 4.39. The van der Waals surface area contributed by atoms with Gasteiger partial charge in [-0.3, -0.25) is 4.72 Å². The van der Waals surface area contributed by atoms with E-state index in [9.17, 15) is 12.8 Å². The maximum atomic E-state index is 13.0. The zero-order chi connectivity index (χ0) is 17.6. The number of sulfonamides is 1. The van der Waals surface area contributed by atoms with Crippen molar-refractivity contribution in [3.8, 4) is 0 Å². The SMILES string of the molecule is C[C@@H]1CCc2oc3ccc(NS(=O)(=O)c4ccc(F)cc4)cc3c2C1. The van der Waals surface area contributed by atoms with Crippen molar-refractivity contribution in [1.82, 2.24) is 0 Å². The summed E-state index contributed by atoms with van der Waals surface area (Å²) < 4.78 is 46.4. The van der Waals surface area contributed by atoms with E-state index in [-0.39, 0.29) is 4.90 Å². The van der Waals surface area contributed by atoms with E-state index in [2.05, 4.69) is 11.6 Å². The Morgan fingerprint density at radius 1 is 1.16 bits per heavy atom. The number of rotatable bonds is 3. The first kappa shape index (κ1) is 16.1. The zero-order valence-electron chi connectivity index (χ0n) is 13.8. The third-order valence-electron chi connectivity index (χ3n) is 4.67. The Morgan fingerprint density at radius 2 is 1.92 bits per heavy atom. The first-order valence-electron chi connectivity index (χ1n) is 8.25. The van der Waals surface area contributed by atoms with Crippen molar-refractivity contribution in [3.63, 3.8) is 0 Å². The molecule has 130 valence electrons. The van der Waals surface area contributed by atoms with Crippen LogP contribution >= 0.6 is 0 Å². The van der Waals surface area contributed by atoms with Gasteiger partial charge in [-0.05, 0) is 61.2 Å². The maximum absolute atomic E-state index is 13.0. The fourth-order valence-electron chi connectivity index (χ4n) is 3.34. The highest BCUT2D eigenvalue weighted by molar-refractivity contribution is 7.92. The Kier molecular flexibility index (Phi) is 3.80. The minimum Gasteiger partial charge on any atom is -0.461 e. The van der Waals surface area contributed by atoms with E-state index in [0.29, 0.717) is 11.6 Å². The van der Waals surface area contributed by atoms with Gasteiger partial charge in [-0.1, -0.05) is 6.92 Å². The van der Waals surface area contributed by atoms with Crippen LogP contribution < -0.4 is 4.72 Å². The molecule has 4 rings (SSSR count). The predicted molar refractivity (Wildman–Crippen MR) is 94.6 cm³/mol. The summed E-state index contributed by atoms with van der Waals surface area (Å²) in [6.07, 6.45) is 2.97. The van der Waals surface area contributed by atoms with Crippen molar-refractivity contribution in [2.75, 3.05) is 4.72 Å². The molecule has 3 aromatic rings. The van der Waals surface area contributed by atoms with E-state index >= 15 is 0 Å². The molecular weight excluding hydrogens is 341 g/mol. The molecule has 2 aromatic carbocycles. The highest BCUT2D eigenvalue weighted by Crippen LogP contribution is 2.35. The molecule has 1 atom stereocenters. The number of hydrogen-bond acceptors (Lipinski definition) is 3. The van der Waals surface area contributed by atoms with Crippen LogP contribution in [-0.4, -0.2) is 8.42 Å². The lowest BCUT2D eigenvalue weighted by atomic mass is 9.88. The molecule has 4 nitrogen and oxygen atoms in total. The fraction of sp³-hybridized carbons (Fsp3) is 0.263. The van der Waals surface area contributed by atoms with Crippen molar-refractivity contribution in [1.29, 1.82) is 0 Å². The number of hydrogen-bond donors (Lipinski definition) is 1. The van der Waals surface area contributed by atoms with E-state index < -0.39 is 15.8 Å². The normalized spacial score (nSPS) is 17.4. The van der Waals surface area contributed by atoms with Crippen LogP contribution in [0.1, 0.15) is 24.7 Å². The van der Waals surface area contributed by atoms with Crippen LogP contribution in [0.5, 0.6) is 0 Å². The van der Waals surface area contributed by atoms with Crippen LogP contribution in [0.25, 0.3) is 11.0 Å². The van der Waals surface area contributed by atoms with Gasteiger partial charge in [-0.15, -0.1) is 0 Å². The Hall–Kier alpha value is -2.34. The summed E-state index contributed by atoms with van der Waals surface area (Å²) in [5, 5.41) is 0.959. The Labute approximate surface area is 145 Å². The van der Waals surface area contributed by atoms with E-state index in [1.54, 1.807) is 12.1 Å². The topological polar surface area (TPSA) is 59.3 Å². The van der Waals surface area contributed by atoms with Gasteiger partial charge in [0.1, 0.15) is 17.2 Å². The summed E-state index contributed by atoms with van der Waals surface area (Å²) >= 11 is 0. The van der Waals surface area contributed by atoms with Crippen molar-refractivity contribution >= 4 is 26.7 Å². The molecule has 25 heavy (non-hydrogen) atoms. The summed E-state index contributed by atoms with van der Waals surface area (Å²) in [6.45, 7) is 2.21. The molecule has 1 N–H and O–H groups in total. The molecule has 6 heteroatoms. The third kappa shape index (κ3) is 3.02. The molecule has 1 aliphatic rings. The van der Waals surface area contributed by atoms with Crippen molar-refractivity contribution < 1.29 is 17.2 Å². The third-order valence-corrected chi connectivity index (χ3v) is 6.06. The number of anilines is 1. The first-order valence-corrected chi connectivity index (χ1v) is 9.73. The zero-order valence-corrected chi connectivity index (χ0v) is 14.6. The second-order valence-corrected chi connectivity index (χ2v) is 8.30. The van der Waals surface area contributed by atoms with Gasteiger partial charge in [0.2, 0.25) is 0 Å². The predicted octanol–water partition coefficient (Wildman–Crippen LogP) is 4.50. The van der Waals surface area contributed by atoms with Crippen molar-refractivity contribution in [2.24, 2.45) is 5.92 Å². The average Bonchev–Trinajstić information content (AvgIpc) is 2.92. The molecule has 0 bridgehead atoms.